The van der Waals surface area contributed by atoms with E-state index in [1.165, 1.54) is 4.31 Å². The Bertz CT molecular complexity index is 1590. The zero-order chi connectivity index (χ0) is 26.3. The zero-order valence-corrected chi connectivity index (χ0v) is 22.0. The molecule has 2 N–H and O–H groups in total. The van der Waals surface area contributed by atoms with E-state index in [2.05, 4.69) is 20.5 Å². The number of H-pyrrole nitrogens is 1. The summed E-state index contributed by atoms with van der Waals surface area (Å²) in [6, 6.07) is 17.4. The van der Waals surface area contributed by atoms with Gasteiger partial charge in [0.15, 0.2) is 0 Å². The molecule has 1 amide bonds. The van der Waals surface area contributed by atoms with Gasteiger partial charge in [0.2, 0.25) is 15.9 Å². The molecule has 2 aromatic carbocycles. The van der Waals surface area contributed by atoms with Crippen LogP contribution in [0.2, 0.25) is 0 Å². The first-order valence-corrected chi connectivity index (χ1v) is 14.4. The molecule has 9 nitrogen and oxygen atoms in total. The fourth-order valence-corrected chi connectivity index (χ4v) is 7.01. The minimum atomic E-state index is -3.75. The molecule has 0 spiro atoms. The van der Waals surface area contributed by atoms with Gasteiger partial charge in [-0.05, 0) is 37.1 Å². The number of piperidine rings is 1. The minimum Gasteiger partial charge on any atom is -0.382 e. The summed E-state index contributed by atoms with van der Waals surface area (Å²) in [5.74, 6) is 0.135. The van der Waals surface area contributed by atoms with Crippen molar-refractivity contribution < 1.29 is 13.2 Å². The van der Waals surface area contributed by atoms with Gasteiger partial charge in [0.1, 0.15) is 4.90 Å². The average Bonchev–Trinajstić information content (AvgIpc) is 3.37. The highest BCUT2D eigenvalue weighted by atomic mass is 32.2. The number of nitrogens with one attached hydrogen (secondary N) is 2. The predicted molar refractivity (Wildman–Crippen MR) is 146 cm³/mol. The van der Waals surface area contributed by atoms with Crippen molar-refractivity contribution in [1.29, 1.82) is 0 Å². The maximum atomic E-state index is 13.7. The van der Waals surface area contributed by atoms with Crippen molar-refractivity contribution in [3.63, 3.8) is 0 Å². The second-order valence-electron chi connectivity index (χ2n) is 9.95. The van der Waals surface area contributed by atoms with Crippen molar-refractivity contribution in [2.75, 3.05) is 25.0 Å². The Kier molecular flexibility index (Phi) is 6.37. The molecule has 1 fully saturated rings. The lowest BCUT2D eigenvalue weighted by Crippen LogP contribution is -2.41. The fraction of sp³-hybridized carbons (Fsp3) is 0.321. The van der Waals surface area contributed by atoms with Crippen LogP contribution in [0.15, 0.2) is 65.7 Å². The molecule has 1 saturated heterocycles. The van der Waals surface area contributed by atoms with Crippen molar-refractivity contribution >= 4 is 32.5 Å². The highest BCUT2D eigenvalue weighted by Crippen LogP contribution is 2.33. The number of amides is 1. The van der Waals surface area contributed by atoms with Crippen molar-refractivity contribution in [3.8, 4) is 11.3 Å². The smallest absolute Gasteiger partial charge is 0.245 e. The van der Waals surface area contributed by atoms with Gasteiger partial charge in [0, 0.05) is 79.7 Å². The minimum absolute atomic E-state index is 0.135. The van der Waals surface area contributed by atoms with E-state index in [0.717, 1.165) is 59.5 Å². The monoisotopic (exact) mass is 530 g/mol. The Morgan fingerprint density at radius 3 is 2.55 bits per heavy atom. The Labute approximate surface area is 221 Å². The molecular weight excluding hydrogens is 500 g/mol. The highest BCUT2D eigenvalue weighted by molar-refractivity contribution is 7.89. The normalized spacial score (nSPS) is 16.9. The molecule has 0 saturated carbocycles. The number of likely N-dealkylation sites (tertiary alicyclic amines) is 1. The van der Waals surface area contributed by atoms with E-state index >= 15 is 0 Å². The van der Waals surface area contributed by atoms with Crippen LogP contribution in [0.4, 0.5) is 5.69 Å². The first kappa shape index (κ1) is 24.6. The Morgan fingerprint density at radius 1 is 1.03 bits per heavy atom. The van der Waals surface area contributed by atoms with Crippen LogP contribution in [-0.2, 0) is 27.8 Å². The van der Waals surface area contributed by atoms with Gasteiger partial charge in [0.25, 0.3) is 0 Å². The van der Waals surface area contributed by atoms with Crippen LogP contribution in [0.3, 0.4) is 0 Å². The van der Waals surface area contributed by atoms with Crippen LogP contribution in [0, 0.1) is 0 Å². The fourth-order valence-electron chi connectivity index (χ4n) is 5.44. The van der Waals surface area contributed by atoms with E-state index in [4.69, 9.17) is 0 Å². The highest BCUT2D eigenvalue weighted by Gasteiger charge is 2.32. The lowest BCUT2D eigenvalue weighted by Gasteiger charge is -2.32. The Hall–Kier alpha value is -3.76. The van der Waals surface area contributed by atoms with E-state index in [1.54, 1.807) is 25.3 Å². The third kappa shape index (κ3) is 4.54. The Balaban J connectivity index is 1.20. The quantitative estimate of drug-likeness (QED) is 0.406. The van der Waals surface area contributed by atoms with E-state index in [0.29, 0.717) is 24.5 Å². The molecule has 4 aromatic rings. The van der Waals surface area contributed by atoms with Crippen molar-refractivity contribution in [1.82, 2.24) is 24.4 Å². The number of aromatic amines is 1. The number of sulfonamides is 1. The molecule has 196 valence electrons. The second-order valence-corrected chi connectivity index (χ2v) is 11.9. The van der Waals surface area contributed by atoms with Crippen LogP contribution >= 0.6 is 0 Å². The number of hydrogen-bond acceptors (Lipinski definition) is 6. The summed E-state index contributed by atoms with van der Waals surface area (Å²) in [6.45, 7) is 3.81. The average molecular weight is 531 g/mol. The third-order valence-corrected chi connectivity index (χ3v) is 9.46. The molecule has 2 aromatic heterocycles. The molecule has 6 rings (SSSR count). The molecule has 0 bridgehead atoms. The molecule has 4 heterocycles. The number of fused-ring (bicyclic) bond motifs is 2. The maximum absolute atomic E-state index is 13.7. The van der Waals surface area contributed by atoms with Gasteiger partial charge in [-0.2, -0.15) is 9.40 Å². The molecular formula is C28H30N6O3S. The van der Waals surface area contributed by atoms with Crippen molar-refractivity contribution in [2.45, 2.75) is 43.7 Å². The summed E-state index contributed by atoms with van der Waals surface area (Å²) in [5.41, 5.74) is 5.10. The molecule has 38 heavy (non-hydrogen) atoms. The van der Waals surface area contributed by atoms with E-state index in [-0.39, 0.29) is 17.3 Å². The number of carbonyl (C=O) groups is 1. The van der Waals surface area contributed by atoms with Gasteiger partial charge in [-0.25, -0.2) is 8.42 Å². The number of pyridine rings is 1. The van der Waals surface area contributed by atoms with Gasteiger partial charge >= 0.3 is 0 Å². The predicted octanol–water partition coefficient (Wildman–Crippen LogP) is 3.79. The van der Waals surface area contributed by atoms with E-state index in [9.17, 15) is 13.2 Å². The second kappa shape index (κ2) is 9.85. The number of nitrogens with zero attached hydrogens (tertiary/aromatic N) is 4. The zero-order valence-electron chi connectivity index (χ0n) is 21.2. The van der Waals surface area contributed by atoms with Crippen LogP contribution in [0.25, 0.3) is 22.2 Å². The molecule has 2 aliphatic heterocycles. The first-order chi connectivity index (χ1) is 18.4. The molecule has 0 atom stereocenters. The van der Waals surface area contributed by atoms with Crippen LogP contribution < -0.4 is 5.32 Å². The summed E-state index contributed by atoms with van der Waals surface area (Å²) >= 11 is 0. The molecule has 0 unspecified atom stereocenters. The largest absolute Gasteiger partial charge is 0.382 e. The van der Waals surface area contributed by atoms with Gasteiger partial charge in [0.05, 0.1) is 11.2 Å². The number of carbonyl (C=O) groups excluding carboxylic acids is 1. The lowest BCUT2D eigenvalue weighted by molar-refractivity contribution is -0.129. The maximum Gasteiger partial charge on any atom is 0.245 e. The summed E-state index contributed by atoms with van der Waals surface area (Å²) in [7, 11) is -3.75. The van der Waals surface area contributed by atoms with Gasteiger partial charge in [-0.1, -0.05) is 30.3 Å². The molecule has 10 heteroatoms. The third-order valence-electron chi connectivity index (χ3n) is 7.58. The molecule has 0 radical (unpaired) electrons. The van der Waals surface area contributed by atoms with E-state index in [1.807, 2.05) is 47.4 Å². The van der Waals surface area contributed by atoms with Gasteiger partial charge < -0.3 is 10.2 Å². The topological polar surface area (TPSA) is 111 Å². The standard InChI is InChI=1S/C28H30N6O3S/c1-19(35)33-15-11-23(12-16-33)30-22-9-7-21(8-10-22)27-24-18-34(17-13-25(24)31-32-27)38(36,37)26-6-2-4-20-5-3-14-29-28(20)26/h2-10,14,23,30H,11-13,15-18H2,1H3,(H,31,32). The number of hydrogen-bond donors (Lipinski definition) is 2. The summed E-state index contributed by atoms with van der Waals surface area (Å²) in [5, 5.41) is 12.1. The summed E-state index contributed by atoms with van der Waals surface area (Å²) < 4.78 is 28.9. The SMILES string of the molecule is CC(=O)N1CCC(Nc2ccc(-c3n[nH]c4c3CN(S(=O)(=O)c3cccc5cccnc35)CC4)cc2)CC1. The number of benzene rings is 2. The van der Waals surface area contributed by atoms with E-state index < -0.39 is 10.0 Å². The molecule has 0 aliphatic carbocycles. The summed E-state index contributed by atoms with van der Waals surface area (Å²) in [4.78, 5) is 18.1. The van der Waals surface area contributed by atoms with Crippen LogP contribution in [-0.4, -0.2) is 64.4 Å². The van der Waals surface area contributed by atoms with Gasteiger partial charge in [-0.15, -0.1) is 0 Å². The van der Waals surface area contributed by atoms with Crippen LogP contribution in [0.1, 0.15) is 31.0 Å². The lowest BCUT2D eigenvalue weighted by atomic mass is 10.0. The molecule has 2 aliphatic rings. The van der Waals surface area contributed by atoms with Crippen molar-refractivity contribution in [2.24, 2.45) is 0 Å². The number of aromatic nitrogens is 3. The number of anilines is 1. The van der Waals surface area contributed by atoms with Crippen molar-refractivity contribution in [3.05, 3.63) is 72.1 Å². The number of para-hydroxylation sites is 1. The summed E-state index contributed by atoms with van der Waals surface area (Å²) in [6.07, 6.45) is 4.03. The van der Waals surface area contributed by atoms with Crippen LogP contribution in [0.5, 0.6) is 0 Å². The number of rotatable bonds is 5. The first-order valence-electron chi connectivity index (χ1n) is 12.9. The Morgan fingerprint density at radius 2 is 1.79 bits per heavy atom. The van der Waals surface area contributed by atoms with Gasteiger partial charge in [-0.3, -0.25) is 14.9 Å².